The summed E-state index contributed by atoms with van der Waals surface area (Å²) in [6.07, 6.45) is 5.23. The average Bonchev–Trinajstić information content (AvgIpc) is 3.17. The number of carbonyl (C=O) groups excluding carboxylic acids is 1. The van der Waals surface area contributed by atoms with Crippen LogP contribution >= 0.6 is 0 Å². The summed E-state index contributed by atoms with van der Waals surface area (Å²) in [5.74, 6) is -0.647. The summed E-state index contributed by atoms with van der Waals surface area (Å²) in [6.45, 7) is 5.56. The summed E-state index contributed by atoms with van der Waals surface area (Å²) in [4.78, 5) is 24.6. The Hall–Kier alpha value is -2.64. The van der Waals surface area contributed by atoms with Gasteiger partial charge in [0, 0.05) is 0 Å². The van der Waals surface area contributed by atoms with Gasteiger partial charge in [0.2, 0.25) is 0 Å². The summed E-state index contributed by atoms with van der Waals surface area (Å²) in [6, 6.07) is 6.53. The van der Waals surface area contributed by atoms with E-state index in [1.165, 1.54) is 0 Å². The zero-order valence-corrected chi connectivity index (χ0v) is 17.1. The van der Waals surface area contributed by atoms with Crippen LogP contribution in [0.25, 0.3) is 0 Å². The molecule has 0 saturated carbocycles. The van der Waals surface area contributed by atoms with Crippen LogP contribution in [0.2, 0.25) is 0 Å². The number of carboxylic acid groups (broad SMARTS) is 1. The Morgan fingerprint density at radius 2 is 1.93 bits per heavy atom. The molecule has 0 amide bonds. The normalized spacial score (nSPS) is 26.7. The van der Waals surface area contributed by atoms with Crippen molar-refractivity contribution in [3.05, 3.63) is 53.6 Å². The first-order chi connectivity index (χ1) is 13.6. The van der Waals surface area contributed by atoms with Crippen LogP contribution in [-0.4, -0.2) is 48.6 Å². The number of benzene rings is 1. The van der Waals surface area contributed by atoms with Gasteiger partial charge in [-0.3, -0.25) is 14.9 Å². The molecule has 0 aromatic heterocycles. The second-order valence-corrected chi connectivity index (χ2v) is 8.25. The molecule has 0 bridgehead atoms. The Morgan fingerprint density at radius 1 is 1.24 bits per heavy atom. The van der Waals surface area contributed by atoms with Crippen molar-refractivity contribution in [3.8, 4) is 5.75 Å². The maximum atomic E-state index is 13.3. The highest BCUT2D eigenvalue weighted by molar-refractivity contribution is 5.87. The van der Waals surface area contributed by atoms with E-state index < -0.39 is 29.3 Å². The number of methoxy groups -OCH3 is 1. The second-order valence-electron chi connectivity index (χ2n) is 8.25. The Morgan fingerprint density at radius 3 is 2.48 bits per heavy atom. The van der Waals surface area contributed by atoms with Gasteiger partial charge in [0.1, 0.15) is 29.0 Å². The summed E-state index contributed by atoms with van der Waals surface area (Å²) in [7, 11) is 1.59. The third-order valence-electron chi connectivity index (χ3n) is 4.96. The van der Waals surface area contributed by atoms with Crippen LogP contribution in [0.15, 0.2) is 48.1 Å². The molecule has 3 unspecified atom stereocenters. The lowest BCUT2D eigenvalue weighted by Crippen LogP contribution is -2.44. The van der Waals surface area contributed by atoms with Crippen LogP contribution in [0.5, 0.6) is 5.75 Å². The maximum Gasteiger partial charge on any atom is 0.323 e. The molecule has 3 atom stereocenters. The van der Waals surface area contributed by atoms with E-state index in [1.54, 1.807) is 25.3 Å². The number of nitrogens with one attached hydrogen (secondary N) is 1. The Balaban J connectivity index is 1.94. The second kappa shape index (κ2) is 8.00. The zero-order valence-electron chi connectivity index (χ0n) is 17.1. The van der Waals surface area contributed by atoms with Gasteiger partial charge in [0.15, 0.2) is 0 Å². The summed E-state index contributed by atoms with van der Waals surface area (Å²) in [5.41, 5.74) is -0.141. The van der Waals surface area contributed by atoms with Gasteiger partial charge in [-0.2, -0.15) is 0 Å². The van der Waals surface area contributed by atoms with Gasteiger partial charge in [-0.05, 0) is 50.5 Å². The van der Waals surface area contributed by atoms with Gasteiger partial charge in [-0.25, -0.2) is 0 Å². The number of carboxylic acids is 1. The van der Waals surface area contributed by atoms with Crippen LogP contribution in [0.4, 0.5) is 0 Å². The number of aliphatic carboxylic acids is 1. The van der Waals surface area contributed by atoms with Crippen LogP contribution in [0, 0.1) is 0 Å². The van der Waals surface area contributed by atoms with Crippen molar-refractivity contribution in [2.24, 2.45) is 0 Å². The van der Waals surface area contributed by atoms with Gasteiger partial charge in [-0.15, -0.1) is 0 Å². The van der Waals surface area contributed by atoms with Gasteiger partial charge < -0.3 is 19.3 Å². The first-order valence-corrected chi connectivity index (χ1v) is 9.51. The minimum absolute atomic E-state index is 0.0724. The highest BCUT2D eigenvalue weighted by atomic mass is 16.6. The number of hydrogen-bond acceptors (Lipinski definition) is 6. The fourth-order valence-corrected chi connectivity index (χ4v) is 3.50. The molecule has 1 saturated heterocycles. The van der Waals surface area contributed by atoms with Crippen molar-refractivity contribution in [2.75, 3.05) is 13.7 Å². The molecular weight excluding hydrogens is 374 g/mol. The lowest BCUT2D eigenvalue weighted by atomic mass is 9.72. The number of carbonyl (C=O) groups is 2. The molecule has 7 heteroatoms. The van der Waals surface area contributed by atoms with E-state index >= 15 is 0 Å². The third-order valence-corrected chi connectivity index (χ3v) is 4.96. The highest BCUT2D eigenvalue weighted by Gasteiger charge is 2.45. The van der Waals surface area contributed by atoms with Crippen LogP contribution in [-0.2, 0) is 24.5 Å². The zero-order chi connectivity index (χ0) is 21.2. The van der Waals surface area contributed by atoms with Gasteiger partial charge >= 0.3 is 11.9 Å². The molecule has 1 aromatic rings. The lowest BCUT2D eigenvalue weighted by molar-refractivity contribution is -0.160. The molecule has 1 aliphatic carbocycles. The smallest absolute Gasteiger partial charge is 0.323 e. The molecule has 2 N–H and O–H groups in total. The molecule has 1 aliphatic heterocycles. The molecule has 7 nitrogen and oxygen atoms in total. The number of hydrogen-bond donors (Lipinski definition) is 2. The number of esters is 1. The molecule has 1 heterocycles. The SMILES string of the molecule is COc1ccc(C2(C(=O)OC(C)(C)C)C=CC=C(C3NC(C(=O)O)CO3)C2)cc1. The largest absolute Gasteiger partial charge is 0.497 e. The fourth-order valence-electron chi connectivity index (χ4n) is 3.50. The monoisotopic (exact) mass is 401 g/mol. The summed E-state index contributed by atoms with van der Waals surface area (Å²) < 4.78 is 16.6. The quantitative estimate of drug-likeness (QED) is 0.732. The van der Waals surface area contributed by atoms with E-state index in [0.29, 0.717) is 12.2 Å². The first kappa shape index (κ1) is 21.1. The Bertz CT molecular complexity index is 836. The molecule has 2 aliphatic rings. The topological polar surface area (TPSA) is 94.1 Å². The molecule has 29 heavy (non-hydrogen) atoms. The molecule has 1 fully saturated rings. The fraction of sp³-hybridized carbons (Fsp3) is 0.455. The molecule has 0 spiro atoms. The minimum Gasteiger partial charge on any atom is -0.497 e. The molecule has 156 valence electrons. The lowest BCUT2D eigenvalue weighted by Gasteiger charge is -2.36. The van der Waals surface area contributed by atoms with Crippen LogP contribution in [0.1, 0.15) is 32.8 Å². The third kappa shape index (κ3) is 4.52. The molecule has 3 rings (SSSR count). The van der Waals surface area contributed by atoms with E-state index in [9.17, 15) is 14.7 Å². The van der Waals surface area contributed by atoms with Crippen LogP contribution in [0.3, 0.4) is 0 Å². The van der Waals surface area contributed by atoms with Gasteiger partial charge in [-0.1, -0.05) is 30.4 Å². The standard InChI is InChI=1S/C22H27NO6/c1-21(2,3)29-20(26)22(15-7-9-16(27-4)10-8-15)11-5-6-14(12-22)18-23-17(13-28-18)19(24)25/h5-11,17-18,23H,12-13H2,1-4H3,(H,24,25). The summed E-state index contributed by atoms with van der Waals surface area (Å²) in [5, 5.41) is 12.2. The molecule has 0 radical (unpaired) electrons. The van der Waals surface area contributed by atoms with Crippen molar-refractivity contribution in [2.45, 2.75) is 50.5 Å². The van der Waals surface area contributed by atoms with Crippen molar-refractivity contribution < 1.29 is 28.9 Å². The van der Waals surface area contributed by atoms with Crippen molar-refractivity contribution in [3.63, 3.8) is 0 Å². The first-order valence-electron chi connectivity index (χ1n) is 9.51. The minimum atomic E-state index is -1.05. The van der Waals surface area contributed by atoms with E-state index in [0.717, 1.165) is 11.1 Å². The Kier molecular flexibility index (Phi) is 5.82. The predicted octanol–water partition coefficient (Wildman–Crippen LogP) is 2.56. The van der Waals surface area contributed by atoms with Crippen molar-refractivity contribution in [1.29, 1.82) is 0 Å². The van der Waals surface area contributed by atoms with Gasteiger partial charge in [0.05, 0.1) is 13.7 Å². The van der Waals surface area contributed by atoms with Gasteiger partial charge in [0.25, 0.3) is 0 Å². The maximum absolute atomic E-state index is 13.3. The number of ether oxygens (including phenoxy) is 3. The predicted molar refractivity (Wildman–Crippen MR) is 107 cm³/mol. The number of rotatable bonds is 5. The summed E-state index contributed by atoms with van der Waals surface area (Å²) >= 11 is 0. The Labute approximate surface area is 170 Å². The molecular formula is C22H27NO6. The van der Waals surface area contributed by atoms with Crippen LogP contribution < -0.4 is 10.1 Å². The highest BCUT2D eigenvalue weighted by Crippen LogP contribution is 2.40. The van der Waals surface area contributed by atoms with E-state index in [1.807, 2.05) is 45.1 Å². The van der Waals surface area contributed by atoms with Crippen molar-refractivity contribution in [1.82, 2.24) is 5.32 Å². The average molecular weight is 401 g/mol. The molecule has 1 aromatic carbocycles. The van der Waals surface area contributed by atoms with Crippen molar-refractivity contribution >= 4 is 11.9 Å². The van der Waals surface area contributed by atoms with E-state index in [2.05, 4.69) is 5.32 Å². The van der Waals surface area contributed by atoms with E-state index in [4.69, 9.17) is 14.2 Å². The number of allylic oxidation sites excluding steroid dienone is 2. The van der Waals surface area contributed by atoms with E-state index in [-0.39, 0.29) is 12.6 Å².